The largest absolute Gasteiger partial charge is 0.507 e. The molecule has 0 fully saturated rings. The summed E-state index contributed by atoms with van der Waals surface area (Å²) >= 11 is 0. The Balaban J connectivity index is 1.59. The maximum absolute atomic E-state index is 12.5. The lowest BCUT2D eigenvalue weighted by Crippen LogP contribution is -2.36. The molecule has 0 aliphatic carbocycles. The highest BCUT2D eigenvalue weighted by Gasteiger charge is 2.29. The van der Waals surface area contributed by atoms with Crippen LogP contribution in [0.3, 0.4) is 0 Å². The summed E-state index contributed by atoms with van der Waals surface area (Å²) in [7, 11) is 0. The lowest BCUT2D eigenvalue weighted by atomic mass is 9.85. The van der Waals surface area contributed by atoms with E-state index in [2.05, 4.69) is 254 Å². The third-order valence-electron chi connectivity index (χ3n) is 12.7. The van der Waals surface area contributed by atoms with Gasteiger partial charge < -0.3 is 5.11 Å². The summed E-state index contributed by atoms with van der Waals surface area (Å²) in [5, 5.41) is 12.5. The fourth-order valence-electron chi connectivity index (χ4n) is 8.40. The van der Waals surface area contributed by atoms with Crippen molar-refractivity contribution in [2.75, 3.05) is 0 Å². The van der Waals surface area contributed by atoms with Crippen LogP contribution in [0.1, 0.15) is 132 Å². The predicted molar refractivity (Wildman–Crippen MR) is 270 cm³/mol. The Morgan fingerprint density at radius 1 is 0.286 bits per heavy atom. The Morgan fingerprint density at radius 2 is 0.524 bits per heavy atom. The van der Waals surface area contributed by atoms with E-state index in [1.54, 1.807) is 0 Å². The summed E-state index contributed by atoms with van der Waals surface area (Å²) in [5.74, 6) is 0.272. The smallest absolute Gasteiger partial charge is 0.219 e. The van der Waals surface area contributed by atoms with E-state index in [-0.39, 0.29) is 32.8 Å². The molecule has 0 bridgehead atoms. The van der Waals surface area contributed by atoms with Crippen molar-refractivity contribution in [2.45, 2.75) is 131 Å². The average Bonchev–Trinajstić information content (AvgIpc) is 3.22. The molecular weight excluding hydrogens is 763 g/mol. The normalized spacial score (nSPS) is 12.7. The van der Waals surface area contributed by atoms with Gasteiger partial charge >= 0.3 is 0 Å². The molecule has 7 aromatic rings. The molecule has 1 heterocycles. The van der Waals surface area contributed by atoms with E-state index in [9.17, 15) is 5.11 Å². The zero-order valence-corrected chi connectivity index (χ0v) is 40.8. The maximum atomic E-state index is 12.5. The standard InChI is InChI=1S/C61H69NO/c1-57(2,3)46-26-16-40(17-27-46)45-36-54(43-22-32-49(33-23-43)60(10,11)12)62(55(37-45)44-24-34-50(35-25-44)61(13,14)15)51-38-52(41-18-28-47(29-19-41)58(4,5)6)56(63)53(39-51)42-20-30-48(31-21-42)59(7,8)9/h16-39H,1-15H3/p+1. The molecular formula is C61H70NO+. The molecule has 1 aromatic heterocycles. The van der Waals surface area contributed by atoms with Gasteiger partial charge in [-0.1, -0.05) is 201 Å². The zero-order valence-electron chi connectivity index (χ0n) is 40.8. The molecule has 2 nitrogen and oxygen atoms in total. The van der Waals surface area contributed by atoms with Gasteiger partial charge in [0.2, 0.25) is 17.1 Å². The van der Waals surface area contributed by atoms with Crippen molar-refractivity contribution in [3.05, 3.63) is 173 Å². The van der Waals surface area contributed by atoms with Crippen LogP contribution >= 0.6 is 0 Å². The van der Waals surface area contributed by atoms with E-state index in [0.717, 1.165) is 56.0 Å². The SMILES string of the molecule is CC(C)(C)c1ccc(-c2cc(-c3ccc(C(C)(C)C)cc3)[n+](-c3cc(-c4ccc(C(C)(C)C)cc4)c(O)c(-c4ccc(C(C)(C)C)cc4)c3)c(-c3ccc(C(C)(C)C)cc3)c2)cc1. The molecule has 0 aliphatic rings. The van der Waals surface area contributed by atoms with Crippen LogP contribution < -0.4 is 4.57 Å². The van der Waals surface area contributed by atoms with Crippen LogP contribution in [0.25, 0.3) is 61.6 Å². The number of aromatic nitrogens is 1. The molecule has 63 heavy (non-hydrogen) atoms. The predicted octanol–water partition coefficient (Wildman–Crippen LogP) is 16.5. The van der Waals surface area contributed by atoms with Crippen molar-refractivity contribution >= 4 is 0 Å². The number of pyridine rings is 1. The van der Waals surface area contributed by atoms with Crippen molar-refractivity contribution in [1.82, 2.24) is 0 Å². The van der Waals surface area contributed by atoms with E-state index < -0.39 is 0 Å². The zero-order chi connectivity index (χ0) is 45.9. The van der Waals surface area contributed by atoms with Crippen LogP contribution in [-0.4, -0.2) is 5.11 Å². The van der Waals surface area contributed by atoms with Gasteiger partial charge in [0.1, 0.15) is 5.75 Å². The molecule has 324 valence electrons. The molecule has 0 amide bonds. The molecule has 1 N–H and O–H groups in total. The van der Waals surface area contributed by atoms with Crippen LogP contribution in [0.2, 0.25) is 0 Å². The van der Waals surface area contributed by atoms with Gasteiger partial charge in [0.25, 0.3) is 0 Å². The Hall–Kier alpha value is -5.73. The lowest BCUT2D eigenvalue weighted by Gasteiger charge is -2.21. The van der Waals surface area contributed by atoms with Crippen LogP contribution in [-0.2, 0) is 27.1 Å². The van der Waals surface area contributed by atoms with Crippen LogP contribution in [0.15, 0.2) is 146 Å². The summed E-state index contributed by atoms with van der Waals surface area (Å²) in [6, 6.07) is 53.9. The molecule has 0 saturated carbocycles. The van der Waals surface area contributed by atoms with Gasteiger partial charge in [0.15, 0.2) is 0 Å². The average molecular weight is 833 g/mol. The summed E-state index contributed by atoms with van der Waals surface area (Å²) in [4.78, 5) is 0. The molecule has 0 unspecified atom stereocenters. The first kappa shape index (κ1) is 45.3. The van der Waals surface area contributed by atoms with Crippen LogP contribution in [0, 0.1) is 0 Å². The second-order valence-corrected chi connectivity index (χ2v) is 22.9. The maximum Gasteiger partial charge on any atom is 0.219 e. The topological polar surface area (TPSA) is 24.1 Å². The van der Waals surface area contributed by atoms with Crippen molar-refractivity contribution < 1.29 is 9.67 Å². The summed E-state index contributed by atoms with van der Waals surface area (Å²) in [5.41, 5.74) is 17.6. The van der Waals surface area contributed by atoms with Gasteiger partial charge in [0, 0.05) is 46.5 Å². The summed E-state index contributed by atoms with van der Waals surface area (Å²) in [6.45, 7) is 33.9. The van der Waals surface area contributed by atoms with E-state index in [1.165, 1.54) is 33.4 Å². The summed E-state index contributed by atoms with van der Waals surface area (Å²) < 4.78 is 2.42. The number of aromatic hydroxyl groups is 1. The minimum Gasteiger partial charge on any atom is -0.507 e. The number of hydrogen-bond acceptors (Lipinski definition) is 1. The molecule has 0 aliphatic heterocycles. The second-order valence-electron chi connectivity index (χ2n) is 22.9. The number of rotatable bonds is 6. The third kappa shape index (κ3) is 9.77. The first-order valence-electron chi connectivity index (χ1n) is 22.8. The number of benzene rings is 6. The first-order valence-corrected chi connectivity index (χ1v) is 22.8. The third-order valence-corrected chi connectivity index (χ3v) is 12.7. The van der Waals surface area contributed by atoms with Crippen molar-refractivity contribution in [2.24, 2.45) is 0 Å². The molecule has 6 aromatic carbocycles. The number of nitrogens with zero attached hydrogens (tertiary/aromatic N) is 1. The van der Waals surface area contributed by atoms with Gasteiger partial charge in [-0.3, -0.25) is 0 Å². The second kappa shape index (κ2) is 16.4. The van der Waals surface area contributed by atoms with Crippen LogP contribution in [0.4, 0.5) is 0 Å². The van der Waals surface area contributed by atoms with Crippen molar-refractivity contribution in [3.8, 4) is 67.3 Å². The lowest BCUT2D eigenvalue weighted by molar-refractivity contribution is -0.572. The number of phenolic OH excluding ortho intramolecular Hbond substituents is 1. The Kier molecular flexibility index (Phi) is 11.8. The highest BCUT2D eigenvalue weighted by molar-refractivity contribution is 5.85. The fraction of sp³-hybridized carbons (Fsp3) is 0.328. The van der Waals surface area contributed by atoms with E-state index in [0.29, 0.717) is 0 Å². The van der Waals surface area contributed by atoms with Crippen LogP contribution in [0.5, 0.6) is 5.75 Å². The first-order chi connectivity index (χ1) is 29.3. The van der Waals surface area contributed by atoms with E-state index in [4.69, 9.17) is 0 Å². The Bertz CT molecular complexity index is 2560. The molecule has 2 heteroatoms. The Labute approximate surface area is 379 Å². The van der Waals surface area contributed by atoms with E-state index >= 15 is 0 Å². The number of hydrogen-bond donors (Lipinski definition) is 1. The quantitative estimate of drug-likeness (QED) is 0.166. The molecule has 0 spiro atoms. The van der Waals surface area contributed by atoms with Gasteiger partial charge in [-0.05, 0) is 101 Å². The minimum atomic E-state index is 0.00191. The summed E-state index contributed by atoms with van der Waals surface area (Å²) in [6.07, 6.45) is 0. The van der Waals surface area contributed by atoms with Crippen molar-refractivity contribution in [1.29, 1.82) is 0 Å². The Morgan fingerprint density at radius 3 is 0.778 bits per heavy atom. The molecule has 0 saturated heterocycles. The van der Waals surface area contributed by atoms with E-state index in [1.807, 2.05) is 0 Å². The van der Waals surface area contributed by atoms with Gasteiger partial charge in [0.05, 0.1) is 0 Å². The highest BCUT2D eigenvalue weighted by atomic mass is 16.3. The monoisotopic (exact) mass is 833 g/mol. The van der Waals surface area contributed by atoms with Gasteiger partial charge in [-0.15, -0.1) is 0 Å². The molecule has 0 radical (unpaired) electrons. The van der Waals surface area contributed by atoms with Gasteiger partial charge in [-0.2, -0.15) is 4.57 Å². The number of phenols is 1. The molecule has 7 rings (SSSR count). The van der Waals surface area contributed by atoms with Crippen molar-refractivity contribution in [3.63, 3.8) is 0 Å². The van der Waals surface area contributed by atoms with Gasteiger partial charge in [-0.25, -0.2) is 0 Å². The molecule has 0 atom stereocenters. The fourth-order valence-corrected chi connectivity index (χ4v) is 8.40. The highest BCUT2D eigenvalue weighted by Crippen LogP contribution is 2.42. The minimum absolute atomic E-state index is 0.00191.